The van der Waals surface area contributed by atoms with Gasteiger partial charge in [0.1, 0.15) is 6.10 Å². The number of allylic oxidation sites excluding steroid dienone is 5. The van der Waals surface area contributed by atoms with Crippen LogP contribution in [0.4, 0.5) is 0 Å². The Hall–Kier alpha value is -1.73. The normalized spacial score (nSPS) is 25.5. The predicted octanol–water partition coefficient (Wildman–Crippen LogP) is 2.90. The SMILES string of the molecule is CC/C=C\C/C=C\C/C=C\CC(O)C1CC(O)C(/C=C/C(O)CCC(=O)O)O1. The van der Waals surface area contributed by atoms with Gasteiger partial charge in [0.25, 0.3) is 0 Å². The fourth-order valence-corrected chi connectivity index (χ4v) is 2.84. The zero-order valence-electron chi connectivity index (χ0n) is 16.6. The van der Waals surface area contributed by atoms with Crippen molar-refractivity contribution in [1.82, 2.24) is 0 Å². The number of aliphatic hydroxyl groups excluding tert-OH is 3. The van der Waals surface area contributed by atoms with E-state index in [1.54, 1.807) is 0 Å². The third-order valence-electron chi connectivity index (χ3n) is 4.45. The Bertz CT molecular complexity index is 551. The Balaban J connectivity index is 2.31. The van der Waals surface area contributed by atoms with Crippen LogP contribution in [-0.2, 0) is 9.53 Å². The highest BCUT2D eigenvalue weighted by Crippen LogP contribution is 2.25. The molecule has 1 aliphatic rings. The van der Waals surface area contributed by atoms with E-state index in [1.165, 1.54) is 12.2 Å². The lowest BCUT2D eigenvalue weighted by Gasteiger charge is -2.16. The molecule has 0 amide bonds. The van der Waals surface area contributed by atoms with Gasteiger partial charge in [-0.3, -0.25) is 4.79 Å². The Morgan fingerprint density at radius 2 is 1.75 bits per heavy atom. The zero-order chi connectivity index (χ0) is 20.8. The van der Waals surface area contributed by atoms with E-state index in [1.807, 2.05) is 12.2 Å². The molecule has 0 saturated carbocycles. The van der Waals surface area contributed by atoms with Crippen molar-refractivity contribution in [3.05, 3.63) is 48.6 Å². The van der Waals surface area contributed by atoms with Crippen LogP contribution >= 0.6 is 0 Å². The van der Waals surface area contributed by atoms with Gasteiger partial charge in [-0.15, -0.1) is 0 Å². The van der Waals surface area contributed by atoms with Gasteiger partial charge in [0.2, 0.25) is 0 Å². The number of rotatable bonds is 13. The molecule has 1 saturated heterocycles. The molecule has 4 N–H and O–H groups in total. The molecule has 0 aromatic heterocycles. The maximum Gasteiger partial charge on any atom is 0.303 e. The molecule has 1 fully saturated rings. The first-order valence-electron chi connectivity index (χ1n) is 9.98. The molecule has 28 heavy (non-hydrogen) atoms. The van der Waals surface area contributed by atoms with Crippen molar-refractivity contribution in [2.24, 2.45) is 0 Å². The fraction of sp³-hybridized carbons (Fsp3) is 0.591. The molecular weight excluding hydrogens is 360 g/mol. The summed E-state index contributed by atoms with van der Waals surface area (Å²) in [6.07, 6.45) is 15.4. The first-order valence-corrected chi connectivity index (χ1v) is 9.98. The van der Waals surface area contributed by atoms with E-state index in [0.717, 1.165) is 19.3 Å². The highest BCUT2D eigenvalue weighted by molar-refractivity contribution is 5.66. The van der Waals surface area contributed by atoms with Crippen LogP contribution in [0.3, 0.4) is 0 Å². The van der Waals surface area contributed by atoms with Gasteiger partial charge in [0.15, 0.2) is 0 Å². The van der Waals surface area contributed by atoms with E-state index in [-0.39, 0.29) is 12.8 Å². The van der Waals surface area contributed by atoms with Crippen molar-refractivity contribution in [3.63, 3.8) is 0 Å². The Morgan fingerprint density at radius 1 is 1.11 bits per heavy atom. The minimum absolute atomic E-state index is 0.106. The maximum atomic E-state index is 10.5. The van der Waals surface area contributed by atoms with Crippen molar-refractivity contribution >= 4 is 5.97 Å². The lowest BCUT2D eigenvalue weighted by molar-refractivity contribution is -0.137. The maximum absolute atomic E-state index is 10.5. The molecule has 1 aliphatic heterocycles. The quantitative estimate of drug-likeness (QED) is 0.358. The Morgan fingerprint density at radius 3 is 2.39 bits per heavy atom. The summed E-state index contributed by atoms with van der Waals surface area (Å²) in [4.78, 5) is 10.5. The molecular formula is C22H34O6. The number of hydrogen-bond acceptors (Lipinski definition) is 5. The standard InChI is InChI=1S/C22H34O6/c1-2-3-4-5-6-7-8-9-10-11-18(24)21-16-19(25)20(28-21)14-12-17(23)13-15-22(26)27/h3-4,6-7,9-10,12,14,17-21,23-25H,2,5,8,11,13,15-16H2,1H3,(H,26,27)/b4-3-,7-6-,10-9-,14-12+. The van der Waals surface area contributed by atoms with Gasteiger partial charge in [0.05, 0.1) is 24.4 Å². The second-order valence-corrected chi connectivity index (χ2v) is 6.92. The highest BCUT2D eigenvalue weighted by Gasteiger charge is 2.35. The molecule has 158 valence electrons. The first kappa shape index (κ1) is 24.3. The van der Waals surface area contributed by atoms with Crippen LogP contribution in [0.15, 0.2) is 48.6 Å². The van der Waals surface area contributed by atoms with E-state index in [0.29, 0.717) is 12.8 Å². The molecule has 0 bridgehead atoms. The number of hydrogen-bond donors (Lipinski definition) is 4. The number of ether oxygens (including phenoxy) is 1. The zero-order valence-corrected chi connectivity index (χ0v) is 16.6. The molecule has 5 unspecified atom stereocenters. The molecule has 5 atom stereocenters. The number of carboxylic acid groups (broad SMARTS) is 1. The molecule has 6 nitrogen and oxygen atoms in total. The largest absolute Gasteiger partial charge is 0.481 e. The Labute approximate surface area is 167 Å². The fourth-order valence-electron chi connectivity index (χ4n) is 2.84. The van der Waals surface area contributed by atoms with E-state index in [9.17, 15) is 20.1 Å². The predicted molar refractivity (Wildman–Crippen MR) is 109 cm³/mol. The van der Waals surface area contributed by atoms with Crippen molar-refractivity contribution in [1.29, 1.82) is 0 Å². The number of aliphatic carboxylic acids is 1. The van der Waals surface area contributed by atoms with Gasteiger partial charge in [-0.1, -0.05) is 55.5 Å². The van der Waals surface area contributed by atoms with Crippen LogP contribution in [0.2, 0.25) is 0 Å². The monoisotopic (exact) mass is 394 g/mol. The first-order chi connectivity index (χ1) is 13.4. The third-order valence-corrected chi connectivity index (χ3v) is 4.45. The lowest BCUT2D eigenvalue weighted by atomic mass is 10.0. The van der Waals surface area contributed by atoms with Gasteiger partial charge in [-0.2, -0.15) is 0 Å². The van der Waals surface area contributed by atoms with E-state index >= 15 is 0 Å². The minimum atomic E-state index is -0.968. The molecule has 6 heteroatoms. The molecule has 0 aromatic carbocycles. The second kappa shape index (κ2) is 14.3. The topological polar surface area (TPSA) is 107 Å². The van der Waals surface area contributed by atoms with Crippen LogP contribution in [0, 0.1) is 0 Å². The van der Waals surface area contributed by atoms with E-state index in [2.05, 4.69) is 31.2 Å². The van der Waals surface area contributed by atoms with Gasteiger partial charge in [-0.25, -0.2) is 0 Å². The average Bonchev–Trinajstić information content (AvgIpc) is 3.04. The van der Waals surface area contributed by atoms with Crippen molar-refractivity contribution in [2.45, 2.75) is 82.4 Å². The summed E-state index contributed by atoms with van der Waals surface area (Å²) in [5.74, 6) is -0.968. The summed E-state index contributed by atoms with van der Waals surface area (Å²) in [6, 6.07) is 0. The minimum Gasteiger partial charge on any atom is -0.481 e. The average molecular weight is 395 g/mol. The van der Waals surface area contributed by atoms with Crippen LogP contribution in [0.1, 0.15) is 51.9 Å². The van der Waals surface area contributed by atoms with Crippen LogP contribution in [-0.4, -0.2) is 56.9 Å². The van der Waals surface area contributed by atoms with Crippen LogP contribution in [0.25, 0.3) is 0 Å². The number of aliphatic hydroxyl groups is 3. The van der Waals surface area contributed by atoms with E-state index < -0.39 is 36.5 Å². The van der Waals surface area contributed by atoms with Crippen molar-refractivity contribution in [2.75, 3.05) is 0 Å². The number of carboxylic acids is 1. The summed E-state index contributed by atoms with van der Waals surface area (Å²) in [5, 5.41) is 38.6. The summed E-state index contributed by atoms with van der Waals surface area (Å²) in [5.41, 5.74) is 0. The summed E-state index contributed by atoms with van der Waals surface area (Å²) < 4.78 is 5.67. The second-order valence-electron chi connectivity index (χ2n) is 6.92. The van der Waals surface area contributed by atoms with Gasteiger partial charge < -0.3 is 25.2 Å². The third kappa shape index (κ3) is 10.6. The summed E-state index contributed by atoms with van der Waals surface area (Å²) in [7, 11) is 0. The molecule has 0 radical (unpaired) electrons. The smallest absolute Gasteiger partial charge is 0.303 e. The highest BCUT2D eigenvalue weighted by atomic mass is 16.5. The van der Waals surface area contributed by atoms with E-state index in [4.69, 9.17) is 9.84 Å². The number of carbonyl (C=O) groups is 1. The molecule has 1 rings (SSSR count). The summed E-state index contributed by atoms with van der Waals surface area (Å²) >= 11 is 0. The van der Waals surface area contributed by atoms with Gasteiger partial charge in [-0.05, 0) is 32.1 Å². The molecule has 0 aliphatic carbocycles. The summed E-state index contributed by atoms with van der Waals surface area (Å²) in [6.45, 7) is 2.10. The van der Waals surface area contributed by atoms with Crippen molar-refractivity contribution in [3.8, 4) is 0 Å². The molecule has 0 spiro atoms. The van der Waals surface area contributed by atoms with Crippen molar-refractivity contribution < 1.29 is 30.0 Å². The van der Waals surface area contributed by atoms with Gasteiger partial charge in [0, 0.05) is 12.8 Å². The van der Waals surface area contributed by atoms with Crippen LogP contribution in [0.5, 0.6) is 0 Å². The Kier molecular flexibility index (Phi) is 12.4. The molecule has 0 aromatic rings. The van der Waals surface area contributed by atoms with Crippen LogP contribution < -0.4 is 0 Å². The van der Waals surface area contributed by atoms with Gasteiger partial charge >= 0.3 is 5.97 Å². The lowest BCUT2D eigenvalue weighted by Crippen LogP contribution is -2.25. The molecule has 1 heterocycles.